The summed E-state index contributed by atoms with van der Waals surface area (Å²) in [6.07, 6.45) is -4.92. The van der Waals surface area contributed by atoms with Gasteiger partial charge in [0, 0.05) is 0 Å². The first kappa shape index (κ1) is 26.2. The number of rotatable bonds is 6. The lowest BCUT2D eigenvalue weighted by Gasteiger charge is -2.32. The Morgan fingerprint density at radius 3 is 1.97 bits per heavy atom. The molecule has 1 heterocycles. The van der Waals surface area contributed by atoms with Crippen LogP contribution in [0.2, 0.25) is 0 Å². The van der Waals surface area contributed by atoms with E-state index < -0.39 is 34.4 Å². The van der Waals surface area contributed by atoms with Crippen LogP contribution in [0, 0.1) is 11.3 Å². The van der Waals surface area contributed by atoms with Crippen molar-refractivity contribution in [3.05, 3.63) is 118 Å². The zero-order chi connectivity index (χ0) is 27.7. The minimum atomic E-state index is -4.92. The second-order valence-corrected chi connectivity index (χ2v) is 8.95. The Hall–Kier alpha value is -4.84. The molecule has 0 amide bonds. The maximum Gasteiger partial charge on any atom is 0.417 e. The molecule has 0 spiro atoms. The molecule has 1 aromatic heterocycles. The Morgan fingerprint density at radius 1 is 0.921 bits per heavy atom. The van der Waals surface area contributed by atoms with Gasteiger partial charge < -0.3 is 9.84 Å². The van der Waals surface area contributed by atoms with Gasteiger partial charge in [0.1, 0.15) is 23.1 Å². The van der Waals surface area contributed by atoms with Crippen LogP contribution >= 0.6 is 0 Å². The van der Waals surface area contributed by atoms with Crippen molar-refractivity contribution in [1.29, 1.82) is 5.26 Å². The van der Waals surface area contributed by atoms with Crippen molar-refractivity contribution >= 4 is 5.97 Å². The molecule has 6 nitrogen and oxygen atoms in total. The van der Waals surface area contributed by atoms with E-state index in [1.165, 1.54) is 59.2 Å². The van der Waals surface area contributed by atoms with Crippen LogP contribution in [0.25, 0.3) is 11.3 Å². The van der Waals surface area contributed by atoms with Gasteiger partial charge in [0.2, 0.25) is 0 Å². The molecule has 0 bridgehead atoms. The summed E-state index contributed by atoms with van der Waals surface area (Å²) < 4.78 is 48.6. The number of hydrogen-bond donors (Lipinski definition) is 1. The second-order valence-electron chi connectivity index (χ2n) is 8.95. The maximum absolute atomic E-state index is 13.9. The van der Waals surface area contributed by atoms with Crippen molar-refractivity contribution in [3.63, 3.8) is 0 Å². The zero-order valence-corrected chi connectivity index (χ0v) is 20.3. The van der Waals surface area contributed by atoms with E-state index in [1.807, 2.05) is 0 Å². The highest BCUT2D eigenvalue weighted by Gasteiger charge is 2.38. The minimum Gasteiger partial charge on any atom is -0.478 e. The number of hydrogen-bond acceptors (Lipinski definition) is 4. The molecule has 192 valence electrons. The van der Waals surface area contributed by atoms with Gasteiger partial charge in [0.05, 0.1) is 22.4 Å². The molecule has 0 aliphatic heterocycles. The SMILES string of the molecule is CC(C)(c1ccccc1)n1c(-c2ccc(Oc3ccc(C(=O)O)cc3)cc2)cc(C(F)(F)F)c(C#N)c1=O. The number of nitrogens with zero attached hydrogens (tertiary/aromatic N) is 2. The maximum atomic E-state index is 13.9. The molecule has 3 aromatic carbocycles. The van der Waals surface area contributed by atoms with Gasteiger partial charge in [0.25, 0.3) is 5.56 Å². The van der Waals surface area contributed by atoms with Crippen LogP contribution in [-0.4, -0.2) is 15.6 Å². The van der Waals surface area contributed by atoms with E-state index in [0.29, 0.717) is 22.6 Å². The lowest BCUT2D eigenvalue weighted by atomic mass is 9.91. The first-order valence-electron chi connectivity index (χ1n) is 11.4. The number of ether oxygens (including phenoxy) is 1. The average Bonchev–Trinajstić information content (AvgIpc) is 2.88. The summed E-state index contributed by atoms with van der Waals surface area (Å²) >= 11 is 0. The van der Waals surface area contributed by atoms with Gasteiger partial charge in [0.15, 0.2) is 0 Å². The van der Waals surface area contributed by atoms with Crippen LogP contribution in [0.15, 0.2) is 89.7 Å². The van der Waals surface area contributed by atoms with Gasteiger partial charge in [-0.15, -0.1) is 0 Å². The zero-order valence-electron chi connectivity index (χ0n) is 20.3. The molecule has 38 heavy (non-hydrogen) atoms. The summed E-state index contributed by atoms with van der Waals surface area (Å²) in [5.74, 6) is -0.369. The molecule has 0 atom stereocenters. The predicted octanol–water partition coefficient (Wildman–Crippen LogP) is 6.68. The number of aromatic nitrogens is 1. The van der Waals surface area contributed by atoms with Crippen LogP contribution in [0.3, 0.4) is 0 Å². The molecule has 0 saturated carbocycles. The van der Waals surface area contributed by atoms with Crippen molar-refractivity contribution < 1.29 is 27.8 Å². The van der Waals surface area contributed by atoms with Crippen molar-refractivity contribution in [2.75, 3.05) is 0 Å². The summed E-state index contributed by atoms with van der Waals surface area (Å²) in [5.41, 5.74) is -3.41. The van der Waals surface area contributed by atoms with Crippen molar-refractivity contribution in [2.24, 2.45) is 0 Å². The summed E-state index contributed by atoms with van der Waals surface area (Å²) in [6, 6.07) is 22.9. The smallest absolute Gasteiger partial charge is 0.417 e. The molecule has 0 fully saturated rings. The quantitative estimate of drug-likeness (QED) is 0.307. The second kappa shape index (κ2) is 9.90. The monoisotopic (exact) mass is 518 g/mol. The number of pyridine rings is 1. The number of alkyl halides is 3. The highest BCUT2D eigenvalue weighted by Crippen LogP contribution is 2.37. The Morgan fingerprint density at radius 2 is 1.47 bits per heavy atom. The minimum absolute atomic E-state index is 0.0208. The fourth-order valence-corrected chi connectivity index (χ4v) is 4.18. The van der Waals surface area contributed by atoms with E-state index in [4.69, 9.17) is 9.84 Å². The van der Waals surface area contributed by atoms with Gasteiger partial charge in [-0.05, 0) is 79.6 Å². The first-order chi connectivity index (χ1) is 17.9. The highest BCUT2D eigenvalue weighted by molar-refractivity contribution is 5.87. The molecule has 1 N–H and O–H groups in total. The summed E-state index contributed by atoms with van der Waals surface area (Å²) in [6.45, 7) is 3.39. The van der Waals surface area contributed by atoms with Gasteiger partial charge in [-0.25, -0.2) is 4.79 Å². The molecule has 0 aliphatic rings. The summed E-state index contributed by atoms with van der Waals surface area (Å²) in [4.78, 5) is 24.5. The van der Waals surface area contributed by atoms with E-state index in [9.17, 15) is 28.0 Å². The number of halogens is 3. The molecule has 0 radical (unpaired) electrons. The normalized spacial score (nSPS) is 11.6. The molecular formula is C29H21F3N2O4. The Bertz CT molecular complexity index is 1580. The van der Waals surface area contributed by atoms with Crippen LogP contribution in [0.1, 0.15) is 40.9 Å². The van der Waals surface area contributed by atoms with E-state index in [-0.39, 0.29) is 11.3 Å². The number of aromatic carboxylic acids is 1. The number of carboxylic acids is 1. The summed E-state index contributed by atoms with van der Waals surface area (Å²) in [5, 5.41) is 18.5. The van der Waals surface area contributed by atoms with Crippen LogP contribution in [0.5, 0.6) is 11.5 Å². The van der Waals surface area contributed by atoms with Gasteiger partial charge >= 0.3 is 12.1 Å². The van der Waals surface area contributed by atoms with Gasteiger partial charge in [-0.1, -0.05) is 30.3 Å². The number of nitriles is 1. The molecule has 0 saturated heterocycles. The van der Waals surface area contributed by atoms with Gasteiger partial charge in [-0.2, -0.15) is 18.4 Å². The number of carbonyl (C=O) groups is 1. The predicted molar refractivity (Wildman–Crippen MR) is 134 cm³/mol. The Labute approximate surface area is 215 Å². The largest absolute Gasteiger partial charge is 0.478 e. The molecule has 0 unspecified atom stereocenters. The van der Waals surface area contributed by atoms with E-state index in [2.05, 4.69) is 0 Å². The Kier molecular flexibility index (Phi) is 6.83. The number of carboxylic acid groups (broad SMARTS) is 1. The summed E-state index contributed by atoms with van der Waals surface area (Å²) in [7, 11) is 0. The number of benzene rings is 3. The van der Waals surface area contributed by atoms with Gasteiger partial charge in [-0.3, -0.25) is 9.36 Å². The van der Waals surface area contributed by atoms with E-state index in [1.54, 1.807) is 44.2 Å². The van der Waals surface area contributed by atoms with Crippen molar-refractivity contribution in [1.82, 2.24) is 4.57 Å². The molecule has 0 aliphatic carbocycles. The first-order valence-corrected chi connectivity index (χ1v) is 11.4. The average molecular weight is 518 g/mol. The third-order valence-electron chi connectivity index (χ3n) is 6.15. The van der Waals surface area contributed by atoms with E-state index >= 15 is 0 Å². The topological polar surface area (TPSA) is 92.3 Å². The fraction of sp³-hybridized carbons (Fsp3) is 0.138. The Balaban J connectivity index is 1.84. The van der Waals surface area contributed by atoms with Crippen molar-refractivity contribution in [3.8, 4) is 28.8 Å². The molecule has 9 heteroatoms. The lowest BCUT2D eigenvalue weighted by Crippen LogP contribution is -2.40. The third kappa shape index (κ3) is 5.02. The fourth-order valence-electron chi connectivity index (χ4n) is 4.18. The third-order valence-corrected chi connectivity index (χ3v) is 6.15. The standard InChI is InChI=1S/C29H21F3N2O4/c1-28(2,20-6-4-3-5-7-20)34-25(16-24(29(30,31)32)23(17-33)26(34)35)18-8-12-21(13-9-18)38-22-14-10-19(11-15-22)27(36)37/h3-16H,1-2H3,(H,36,37). The lowest BCUT2D eigenvalue weighted by molar-refractivity contribution is -0.137. The van der Waals surface area contributed by atoms with Crippen LogP contribution in [0.4, 0.5) is 13.2 Å². The molecule has 4 rings (SSSR count). The molecular weight excluding hydrogens is 497 g/mol. The highest BCUT2D eigenvalue weighted by atomic mass is 19.4. The van der Waals surface area contributed by atoms with Crippen LogP contribution < -0.4 is 10.3 Å². The van der Waals surface area contributed by atoms with Crippen molar-refractivity contribution in [2.45, 2.75) is 25.6 Å². The van der Waals surface area contributed by atoms with Crippen LogP contribution in [-0.2, 0) is 11.7 Å². The molecule has 4 aromatic rings. The van der Waals surface area contributed by atoms with E-state index in [0.717, 1.165) is 6.07 Å².